The van der Waals surface area contributed by atoms with Gasteiger partial charge < -0.3 is 10.6 Å². The van der Waals surface area contributed by atoms with Crippen molar-refractivity contribution in [2.75, 3.05) is 17.2 Å². The standard InChI is InChI=1S/C22H18N2O/c25-22(24-21-12-10-17-6-2-4-8-19(17)14-21)15-23-20-11-9-16-5-1-3-7-18(16)13-20/h1-14,23H,15H2,(H,24,25). The van der Waals surface area contributed by atoms with Crippen LogP contribution in [0.25, 0.3) is 21.5 Å². The molecule has 0 heterocycles. The summed E-state index contributed by atoms with van der Waals surface area (Å²) in [5.41, 5.74) is 1.75. The van der Waals surface area contributed by atoms with Crippen LogP contribution in [-0.2, 0) is 4.79 Å². The molecule has 0 aliphatic carbocycles. The van der Waals surface area contributed by atoms with Gasteiger partial charge in [0.25, 0.3) is 0 Å². The Balaban J connectivity index is 1.42. The Hall–Kier alpha value is -3.33. The third-order valence-electron chi connectivity index (χ3n) is 4.24. The summed E-state index contributed by atoms with van der Waals surface area (Å²) < 4.78 is 0. The molecule has 122 valence electrons. The fourth-order valence-corrected chi connectivity index (χ4v) is 2.95. The van der Waals surface area contributed by atoms with Crippen LogP contribution in [-0.4, -0.2) is 12.5 Å². The van der Waals surface area contributed by atoms with Crippen molar-refractivity contribution in [1.82, 2.24) is 0 Å². The molecule has 0 aromatic heterocycles. The molecule has 3 heteroatoms. The molecule has 0 bridgehead atoms. The summed E-state index contributed by atoms with van der Waals surface area (Å²) in [5.74, 6) is -0.0663. The molecular weight excluding hydrogens is 308 g/mol. The molecule has 1 amide bonds. The van der Waals surface area contributed by atoms with E-state index in [0.29, 0.717) is 0 Å². The molecule has 0 aliphatic rings. The summed E-state index contributed by atoms with van der Waals surface area (Å²) in [4.78, 5) is 12.2. The van der Waals surface area contributed by atoms with E-state index in [1.807, 2.05) is 54.6 Å². The molecule has 0 aliphatic heterocycles. The summed E-state index contributed by atoms with van der Waals surface area (Å²) in [5, 5.41) is 10.7. The van der Waals surface area contributed by atoms with Gasteiger partial charge in [0.15, 0.2) is 0 Å². The number of benzene rings is 4. The molecule has 0 radical (unpaired) electrons. The van der Waals surface area contributed by atoms with Crippen molar-refractivity contribution in [2.45, 2.75) is 0 Å². The van der Waals surface area contributed by atoms with E-state index in [1.54, 1.807) is 0 Å². The van der Waals surface area contributed by atoms with E-state index in [4.69, 9.17) is 0 Å². The van der Waals surface area contributed by atoms with Gasteiger partial charge in [0.05, 0.1) is 6.54 Å². The lowest BCUT2D eigenvalue weighted by molar-refractivity contribution is -0.114. The Kier molecular flexibility index (Phi) is 4.05. The second-order valence-electron chi connectivity index (χ2n) is 6.03. The van der Waals surface area contributed by atoms with Gasteiger partial charge in [-0.2, -0.15) is 0 Å². The summed E-state index contributed by atoms with van der Waals surface area (Å²) in [6.07, 6.45) is 0. The molecular formula is C22H18N2O. The number of rotatable bonds is 4. The average Bonchev–Trinajstić information content (AvgIpc) is 2.66. The number of hydrogen-bond donors (Lipinski definition) is 2. The van der Waals surface area contributed by atoms with Crippen molar-refractivity contribution in [3.63, 3.8) is 0 Å². The molecule has 4 aromatic rings. The second kappa shape index (κ2) is 6.65. The van der Waals surface area contributed by atoms with Crippen LogP contribution in [0.1, 0.15) is 0 Å². The number of fused-ring (bicyclic) bond motifs is 2. The zero-order valence-corrected chi connectivity index (χ0v) is 13.7. The third kappa shape index (κ3) is 3.45. The molecule has 3 nitrogen and oxygen atoms in total. The Morgan fingerprint density at radius 2 is 1.16 bits per heavy atom. The minimum absolute atomic E-state index is 0.0663. The predicted molar refractivity (Wildman–Crippen MR) is 105 cm³/mol. The number of carbonyl (C=O) groups excluding carboxylic acids is 1. The summed E-state index contributed by atoms with van der Waals surface area (Å²) >= 11 is 0. The maximum atomic E-state index is 12.2. The van der Waals surface area contributed by atoms with E-state index in [-0.39, 0.29) is 12.5 Å². The van der Waals surface area contributed by atoms with Crippen LogP contribution in [0, 0.1) is 0 Å². The lowest BCUT2D eigenvalue weighted by Gasteiger charge is -2.09. The number of amides is 1. The minimum atomic E-state index is -0.0663. The first kappa shape index (κ1) is 15.2. The monoisotopic (exact) mass is 326 g/mol. The number of hydrogen-bond acceptors (Lipinski definition) is 2. The zero-order valence-electron chi connectivity index (χ0n) is 13.7. The topological polar surface area (TPSA) is 41.1 Å². The van der Waals surface area contributed by atoms with Gasteiger partial charge in [0.2, 0.25) is 5.91 Å². The molecule has 25 heavy (non-hydrogen) atoms. The highest BCUT2D eigenvalue weighted by Crippen LogP contribution is 2.20. The van der Waals surface area contributed by atoms with Gasteiger partial charge in [-0.3, -0.25) is 4.79 Å². The molecule has 0 saturated heterocycles. The molecule has 0 unspecified atom stereocenters. The van der Waals surface area contributed by atoms with Crippen LogP contribution in [0.4, 0.5) is 11.4 Å². The fourth-order valence-electron chi connectivity index (χ4n) is 2.95. The lowest BCUT2D eigenvalue weighted by Crippen LogP contribution is -2.21. The molecule has 0 spiro atoms. The Bertz CT molecular complexity index is 1060. The van der Waals surface area contributed by atoms with Crippen LogP contribution < -0.4 is 10.6 Å². The van der Waals surface area contributed by atoms with Crippen LogP contribution in [0.3, 0.4) is 0 Å². The average molecular weight is 326 g/mol. The second-order valence-corrected chi connectivity index (χ2v) is 6.03. The van der Waals surface area contributed by atoms with Crippen molar-refractivity contribution in [2.24, 2.45) is 0 Å². The normalized spacial score (nSPS) is 10.7. The number of carbonyl (C=O) groups is 1. The van der Waals surface area contributed by atoms with E-state index in [9.17, 15) is 4.79 Å². The lowest BCUT2D eigenvalue weighted by atomic mass is 10.1. The smallest absolute Gasteiger partial charge is 0.243 e. The van der Waals surface area contributed by atoms with Gasteiger partial charge in [-0.05, 0) is 45.8 Å². The molecule has 4 aromatic carbocycles. The van der Waals surface area contributed by atoms with Crippen LogP contribution in [0.15, 0.2) is 84.9 Å². The molecule has 0 saturated carbocycles. The maximum absolute atomic E-state index is 12.2. The number of nitrogens with one attached hydrogen (secondary N) is 2. The molecule has 0 fully saturated rings. The van der Waals surface area contributed by atoms with Gasteiger partial charge in [-0.15, -0.1) is 0 Å². The van der Waals surface area contributed by atoms with Crippen LogP contribution in [0.5, 0.6) is 0 Å². The highest BCUT2D eigenvalue weighted by molar-refractivity contribution is 5.96. The fraction of sp³-hybridized carbons (Fsp3) is 0.0455. The van der Waals surface area contributed by atoms with E-state index >= 15 is 0 Å². The highest BCUT2D eigenvalue weighted by Gasteiger charge is 2.04. The first-order valence-electron chi connectivity index (χ1n) is 8.29. The highest BCUT2D eigenvalue weighted by atomic mass is 16.1. The van der Waals surface area contributed by atoms with E-state index in [1.165, 1.54) is 5.39 Å². The largest absolute Gasteiger partial charge is 0.376 e. The molecule has 2 N–H and O–H groups in total. The van der Waals surface area contributed by atoms with Crippen molar-refractivity contribution in [3.05, 3.63) is 84.9 Å². The Morgan fingerprint density at radius 1 is 0.640 bits per heavy atom. The summed E-state index contributed by atoms with van der Waals surface area (Å²) in [6, 6.07) is 28.3. The Morgan fingerprint density at radius 3 is 1.80 bits per heavy atom. The van der Waals surface area contributed by atoms with Crippen molar-refractivity contribution in [3.8, 4) is 0 Å². The first-order chi connectivity index (χ1) is 12.3. The van der Waals surface area contributed by atoms with Gasteiger partial charge in [-0.1, -0.05) is 60.7 Å². The quantitative estimate of drug-likeness (QED) is 0.551. The minimum Gasteiger partial charge on any atom is -0.376 e. The van der Waals surface area contributed by atoms with Crippen LogP contribution in [0.2, 0.25) is 0 Å². The first-order valence-corrected chi connectivity index (χ1v) is 8.29. The zero-order chi connectivity index (χ0) is 17.1. The summed E-state index contributed by atoms with van der Waals surface area (Å²) in [7, 11) is 0. The van der Waals surface area contributed by atoms with Gasteiger partial charge >= 0.3 is 0 Å². The van der Waals surface area contributed by atoms with E-state index in [2.05, 4.69) is 41.0 Å². The van der Waals surface area contributed by atoms with E-state index in [0.717, 1.165) is 27.5 Å². The van der Waals surface area contributed by atoms with Gasteiger partial charge in [0, 0.05) is 11.4 Å². The van der Waals surface area contributed by atoms with E-state index < -0.39 is 0 Å². The molecule has 4 rings (SSSR count). The SMILES string of the molecule is O=C(CNc1ccc2ccccc2c1)Nc1ccc2ccccc2c1. The third-order valence-corrected chi connectivity index (χ3v) is 4.24. The van der Waals surface area contributed by atoms with Crippen molar-refractivity contribution < 1.29 is 4.79 Å². The summed E-state index contributed by atoms with van der Waals surface area (Å²) in [6.45, 7) is 0.227. The predicted octanol–water partition coefficient (Wildman–Crippen LogP) is 5.04. The molecule has 0 atom stereocenters. The maximum Gasteiger partial charge on any atom is 0.243 e. The van der Waals surface area contributed by atoms with Crippen molar-refractivity contribution >= 4 is 38.8 Å². The van der Waals surface area contributed by atoms with Gasteiger partial charge in [0.1, 0.15) is 0 Å². The Labute approximate surface area is 146 Å². The van der Waals surface area contributed by atoms with Crippen molar-refractivity contribution in [1.29, 1.82) is 0 Å². The van der Waals surface area contributed by atoms with Gasteiger partial charge in [-0.25, -0.2) is 0 Å². The number of anilines is 2. The van der Waals surface area contributed by atoms with Crippen LogP contribution >= 0.6 is 0 Å².